The quantitative estimate of drug-likeness (QED) is 0.696. The van der Waals surface area contributed by atoms with E-state index in [-0.39, 0.29) is 17.9 Å². The van der Waals surface area contributed by atoms with Crippen LogP contribution in [-0.2, 0) is 20.2 Å². The lowest BCUT2D eigenvalue weighted by molar-refractivity contribution is -0.138. The molecule has 0 aromatic heterocycles. The second kappa shape index (κ2) is 5.68. The van der Waals surface area contributed by atoms with E-state index in [0.717, 1.165) is 0 Å². The van der Waals surface area contributed by atoms with E-state index in [2.05, 4.69) is 4.72 Å². The number of carboxylic acids is 1. The van der Waals surface area contributed by atoms with Crippen molar-refractivity contribution >= 4 is 16.0 Å². The third kappa shape index (κ3) is 3.52. The Labute approximate surface area is 112 Å². The normalized spacial score (nSPS) is 14.9. The number of nitrogens with one attached hydrogen (secondary N) is 1. The third-order valence-electron chi connectivity index (χ3n) is 3.12. The summed E-state index contributed by atoms with van der Waals surface area (Å²) in [5, 5.41) is 8.90. The molecule has 0 aliphatic carbocycles. The van der Waals surface area contributed by atoms with Crippen molar-refractivity contribution in [3.8, 4) is 0 Å². The first-order chi connectivity index (χ1) is 8.75. The molecule has 0 saturated carbocycles. The Morgan fingerprint density at radius 2 is 1.89 bits per heavy atom. The van der Waals surface area contributed by atoms with Crippen LogP contribution in [0.5, 0.6) is 0 Å². The molecule has 0 radical (unpaired) electrons. The molecule has 0 heterocycles. The van der Waals surface area contributed by atoms with Crippen molar-refractivity contribution in [2.24, 2.45) is 5.73 Å². The minimum Gasteiger partial charge on any atom is -0.481 e. The van der Waals surface area contributed by atoms with Crippen molar-refractivity contribution in [1.29, 1.82) is 0 Å². The molecule has 19 heavy (non-hydrogen) atoms. The van der Waals surface area contributed by atoms with Gasteiger partial charge in [0.15, 0.2) is 0 Å². The highest BCUT2D eigenvalue weighted by molar-refractivity contribution is 7.89. The van der Waals surface area contributed by atoms with Gasteiger partial charge in [0, 0.05) is 12.0 Å². The molecular formula is C12H18N2O4S. The molecule has 0 amide bonds. The Balaban J connectivity index is 3.13. The molecular weight excluding hydrogens is 268 g/mol. The van der Waals surface area contributed by atoms with Crippen LogP contribution >= 0.6 is 0 Å². The van der Waals surface area contributed by atoms with Gasteiger partial charge in [0.25, 0.3) is 0 Å². The van der Waals surface area contributed by atoms with E-state index in [1.54, 1.807) is 19.1 Å². The Morgan fingerprint density at radius 3 is 2.26 bits per heavy atom. The van der Waals surface area contributed by atoms with Crippen LogP contribution in [0.25, 0.3) is 0 Å². The van der Waals surface area contributed by atoms with E-state index in [1.165, 1.54) is 19.2 Å². The summed E-state index contributed by atoms with van der Waals surface area (Å²) in [6.45, 7) is 1.90. The van der Waals surface area contributed by atoms with Gasteiger partial charge in [-0.2, -0.15) is 0 Å². The van der Waals surface area contributed by atoms with E-state index in [1.807, 2.05) is 0 Å². The molecule has 1 rings (SSSR count). The predicted molar refractivity (Wildman–Crippen MR) is 71.3 cm³/mol. The number of hydrogen-bond acceptors (Lipinski definition) is 4. The first-order valence-corrected chi connectivity index (χ1v) is 7.19. The Bertz CT molecular complexity index is 554. The molecule has 0 bridgehead atoms. The Morgan fingerprint density at radius 1 is 1.37 bits per heavy atom. The zero-order valence-electron chi connectivity index (χ0n) is 10.9. The number of benzene rings is 1. The molecule has 6 nitrogen and oxygen atoms in total. The van der Waals surface area contributed by atoms with Crippen molar-refractivity contribution in [3.63, 3.8) is 0 Å². The zero-order chi connectivity index (χ0) is 14.7. The second-order valence-electron chi connectivity index (χ2n) is 4.57. The van der Waals surface area contributed by atoms with Gasteiger partial charge in [-0.15, -0.1) is 0 Å². The number of hydrogen-bond donors (Lipinski definition) is 3. The van der Waals surface area contributed by atoms with E-state index < -0.39 is 21.4 Å². The fourth-order valence-electron chi connectivity index (χ4n) is 1.78. The van der Waals surface area contributed by atoms with Gasteiger partial charge in [0.2, 0.25) is 10.0 Å². The summed E-state index contributed by atoms with van der Waals surface area (Å²) < 4.78 is 25.4. The molecule has 4 N–H and O–H groups in total. The zero-order valence-corrected chi connectivity index (χ0v) is 11.7. The maximum absolute atomic E-state index is 11.6. The maximum atomic E-state index is 11.6. The fraction of sp³-hybridized carbons (Fsp3) is 0.417. The minimum atomic E-state index is -3.49. The lowest BCUT2D eigenvalue weighted by Crippen LogP contribution is -2.34. The first-order valence-electron chi connectivity index (χ1n) is 5.71. The maximum Gasteiger partial charge on any atom is 0.304 e. The van der Waals surface area contributed by atoms with E-state index >= 15 is 0 Å². The van der Waals surface area contributed by atoms with E-state index in [0.29, 0.717) is 5.56 Å². The fourth-order valence-corrected chi connectivity index (χ4v) is 2.51. The van der Waals surface area contributed by atoms with Gasteiger partial charge in [0.05, 0.1) is 11.3 Å². The Hall–Kier alpha value is -1.44. The van der Waals surface area contributed by atoms with Gasteiger partial charge >= 0.3 is 5.97 Å². The van der Waals surface area contributed by atoms with Crippen LogP contribution < -0.4 is 10.5 Å². The van der Waals surface area contributed by atoms with Crippen LogP contribution in [0, 0.1) is 0 Å². The van der Waals surface area contributed by atoms with Gasteiger partial charge < -0.3 is 10.8 Å². The van der Waals surface area contributed by atoms with E-state index in [9.17, 15) is 13.2 Å². The highest BCUT2D eigenvalue weighted by Crippen LogP contribution is 2.27. The van der Waals surface area contributed by atoms with Gasteiger partial charge in [-0.05, 0) is 24.7 Å². The highest BCUT2D eigenvalue weighted by Gasteiger charge is 2.28. The summed E-state index contributed by atoms with van der Waals surface area (Å²) in [6.07, 6.45) is -0.109. The monoisotopic (exact) mass is 286 g/mol. The van der Waals surface area contributed by atoms with Crippen LogP contribution in [0.4, 0.5) is 0 Å². The molecule has 1 aromatic rings. The van der Waals surface area contributed by atoms with Gasteiger partial charge in [0.1, 0.15) is 0 Å². The van der Waals surface area contributed by atoms with E-state index in [4.69, 9.17) is 10.8 Å². The number of carboxylic acid groups (broad SMARTS) is 1. The smallest absolute Gasteiger partial charge is 0.304 e. The molecule has 0 saturated heterocycles. The summed E-state index contributed by atoms with van der Waals surface area (Å²) in [5.41, 5.74) is 5.63. The largest absolute Gasteiger partial charge is 0.481 e. The summed E-state index contributed by atoms with van der Waals surface area (Å²) >= 11 is 0. The SMILES string of the molecule is CNS(=O)(=O)c1ccc(C(C)(CN)CC(=O)O)cc1. The average Bonchev–Trinajstić information content (AvgIpc) is 2.38. The molecule has 0 aliphatic heterocycles. The lowest BCUT2D eigenvalue weighted by atomic mass is 9.80. The number of sulfonamides is 1. The molecule has 106 valence electrons. The topological polar surface area (TPSA) is 109 Å². The predicted octanol–water partition coefficient (Wildman–Crippen LogP) is 0.286. The number of carbonyl (C=O) groups is 1. The van der Waals surface area contributed by atoms with Crippen LogP contribution in [0.1, 0.15) is 18.9 Å². The van der Waals surface area contributed by atoms with Gasteiger partial charge in [-0.25, -0.2) is 13.1 Å². The molecule has 0 fully saturated rings. The summed E-state index contributed by atoms with van der Waals surface area (Å²) in [7, 11) is -2.16. The van der Waals surface area contributed by atoms with Crippen LogP contribution in [-0.4, -0.2) is 33.1 Å². The first kappa shape index (κ1) is 15.6. The third-order valence-corrected chi connectivity index (χ3v) is 4.55. The molecule has 1 atom stereocenters. The van der Waals surface area contributed by atoms with Crippen molar-refractivity contribution in [1.82, 2.24) is 4.72 Å². The standard InChI is InChI=1S/C12H18N2O4S/c1-12(8-13,7-11(15)16)9-3-5-10(6-4-9)19(17,18)14-2/h3-6,14H,7-8,13H2,1-2H3,(H,15,16). The highest BCUT2D eigenvalue weighted by atomic mass is 32.2. The number of rotatable bonds is 6. The van der Waals surface area contributed by atoms with Crippen molar-refractivity contribution in [2.45, 2.75) is 23.7 Å². The average molecular weight is 286 g/mol. The van der Waals surface area contributed by atoms with Crippen molar-refractivity contribution < 1.29 is 18.3 Å². The summed E-state index contributed by atoms with van der Waals surface area (Å²) in [4.78, 5) is 11.0. The number of nitrogens with two attached hydrogens (primary N) is 1. The van der Waals surface area contributed by atoms with Crippen LogP contribution in [0.15, 0.2) is 29.2 Å². The van der Waals surface area contributed by atoms with Crippen molar-refractivity contribution in [2.75, 3.05) is 13.6 Å². The van der Waals surface area contributed by atoms with Crippen LogP contribution in [0.2, 0.25) is 0 Å². The molecule has 1 unspecified atom stereocenters. The molecule has 7 heteroatoms. The molecule has 1 aromatic carbocycles. The minimum absolute atomic E-state index is 0.109. The van der Waals surface area contributed by atoms with Gasteiger partial charge in [-0.1, -0.05) is 19.1 Å². The summed E-state index contributed by atoms with van der Waals surface area (Å²) in [5.74, 6) is -0.945. The molecule has 0 aliphatic rings. The second-order valence-corrected chi connectivity index (χ2v) is 6.45. The Kier molecular flexibility index (Phi) is 4.67. The number of aliphatic carboxylic acids is 1. The van der Waals surface area contributed by atoms with Crippen molar-refractivity contribution in [3.05, 3.63) is 29.8 Å². The van der Waals surface area contributed by atoms with Crippen LogP contribution in [0.3, 0.4) is 0 Å². The summed E-state index contributed by atoms with van der Waals surface area (Å²) in [6, 6.07) is 6.08. The lowest BCUT2D eigenvalue weighted by Gasteiger charge is -2.26. The van der Waals surface area contributed by atoms with Gasteiger partial charge in [-0.3, -0.25) is 4.79 Å². The molecule has 0 spiro atoms.